The normalized spacial score (nSPS) is 20.1. The van der Waals surface area contributed by atoms with Gasteiger partial charge in [0, 0.05) is 30.2 Å². The number of carbonyl (C=O) groups excluding carboxylic acids is 1. The molecular formula is C14H16N2O. The summed E-state index contributed by atoms with van der Waals surface area (Å²) in [4.78, 5) is 17.5. The molecule has 1 aliphatic rings. The monoisotopic (exact) mass is 228 g/mol. The Labute approximate surface area is 100 Å². The van der Waals surface area contributed by atoms with Crippen molar-refractivity contribution in [2.45, 2.75) is 13.3 Å². The maximum atomic E-state index is 12.4. The fourth-order valence-electron chi connectivity index (χ4n) is 2.54. The number of aromatic nitrogens is 1. The van der Waals surface area contributed by atoms with Crippen LogP contribution in [0.1, 0.15) is 23.7 Å². The number of benzene rings is 1. The number of hydrogen-bond donors (Lipinski definition) is 1. The number of aromatic amines is 1. The zero-order valence-electron chi connectivity index (χ0n) is 9.94. The summed E-state index contributed by atoms with van der Waals surface area (Å²) < 4.78 is 0. The summed E-state index contributed by atoms with van der Waals surface area (Å²) in [6.07, 6.45) is 2.95. The molecule has 1 fully saturated rings. The molecule has 1 aliphatic heterocycles. The zero-order chi connectivity index (χ0) is 11.8. The van der Waals surface area contributed by atoms with Gasteiger partial charge in [0.15, 0.2) is 0 Å². The van der Waals surface area contributed by atoms with Crippen LogP contribution in [-0.4, -0.2) is 28.9 Å². The van der Waals surface area contributed by atoms with Crippen molar-refractivity contribution in [2.24, 2.45) is 5.92 Å². The van der Waals surface area contributed by atoms with Gasteiger partial charge in [0.2, 0.25) is 0 Å². The van der Waals surface area contributed by atoms with Gasteiger partial charge in [-0.1, -0.05) is 25.1 Å². The summed E-state index contributed by atoms with van der Waals surface area (Å²) in [7, 11) is 0. The van der Waals surface area contributed by atoms with Crippen molar-refractivity contribution < 1.29 is 4.79 Å². The Morgan fingerprint density at radius 1 is 1.41 bits per heavy atom. The molecule has 1 N–H and O–H groups in total. The number of carbonyl (C=O) groups is 1. The second-order valence-electron chi connectivity index (χ2n) is 4.89. The molecule has 0 saturated carbocycles. The molecule has 1 saturated heterocycles. The van der Waals surface area contributed by atoms with Gasteiger partial charge in [-0.05, 0) is 18.4 Å². The minimum atomic E-state index is 0.159. The molecule has 88 valence electrons. The second kappa shape index (κ2) is 3.91. The number of hydrogen-bond acceptors (Lipinski definition) is 1. The highest BCUT2D eigenvalue weighted by molar-refractivity contribution is 6.06. The molecule has 2 aromatic rings. The molecule has 1 atom stereocenters. The minimum absolute atomic E-state index is 0.159. The first kappa shape index (κ1) is 10.4. The first-order valence-corrected chi connectivity index (χ1v) is 6.11. The van der Waals surface area contributed by atoms with Crippen LogP contribution in [0.2, 0.25) is 0 Å². The van der Waals surface area contributed by atoms with E-state index < -0.39 is 0 Å². The first-order valence-electron chi connectivity index (χ1n) is 6.11. The van der Waals surface area contributed by atoms with E-state index in [-0.39, 0.29) is 5.91 Å². The summed E-state index contributed by atoms with van der Waals surface area (Å²) in [6, 6.07) is 7.95. The Morgan fingerprint density at radius 2 is 2.24 bits per heavy atom. The van der Waals surface area contributed by atoms with Crippen LogP contribution in [0.5, 0.6) is 0 Å². The Morgan fingerprint density at radius 3 is 3.00 bits per heavy atom. The molecule has 1 aromatic heterocycles. The number of fused-ring (bicyclic) bond motifs is 1. The van der Waals surface area contributed by atoms with E-state index in [1.54, 1.807) is 0 Å². The Balaban J connectivity index is 1.96. The van der Waals surface area contributed by atoms with Crippen LogP contribution in [0.15, 0.2) is 30.5 Å². The van der Waals surface area contributed by atoms with E-state index in [9.17, 15) is 4.79 Å². The highest BCUT2D eigenvalue weighted by Crippen LogP contribution is 2.23. The molecule has 17 heavy (non-hydrogen) atoms. The summed E-state index contributed by atoms with van der Waals surface area (Å²) in [5, 5.41) is 1.03. The SMILES string of the molecule is CC1CCN(C(=O)c2c[nH]c3ccccc23)C1. The molecule has 1 amide bonds. The van der Waals surface area contributed by atoms with Crippen LogP contribution in [-0.2, 0) is 0 Å². The highest BCUT2D eigenvalue weighted by atomic mass is 16.2. The second-order valence-corrected chi connectivity index (χ2v) is 4.89. The van der Waals surface area contributed by atoms with Crippen LogP contribution < -0.4 is 0 Å². The van der Waals surface area contributed by atoms with Crippen LogP contribution in [0.3, 0.4) is 0 Å². The molecule has 3 nitrogen and oxygen atoms in total. The molecule has 0 aliphatic carbocycles. The molecule has 2 heterocycles. The molecular weight excluding hydrogens is 212 g/mol. The van der Waals surface area contributed by atoms with Crippen molar-refractivity contribution in [3.05, 3.63) is 36.0 Å². The van der Waals surface area contributed by atoms with Gasteiger partial charge < -0.3 is 9.88 Å². The smallest absolute Gasteiger partial charge is 0.256 e. The van der Waals surface area contributed by atoms with Crippen LogP contribution in [0, 0.1) is 5.92 Å². The number of para-hydroxylation sites is 1. The van der Waals surface area contributed by atoms with Gasteiger partial charge in [0.1, 0.15) is 0 Å². The third-order valence-corrected chi connectivity index (χ3v) is 3.53. The van der Waals surface area contributed by atoms with E-state index in [1.165, 1.54) is 0 Å². The topological polar surface area (TPSA) is 36.1 Å². The van der Waals surface area contributed by atoms with E-state index in [1.807, 2.05) is 35.4 Å². The lowest BCUT2D eigenvalue weighted by Gasteiger charge is -2.15. The minimum Gasteiger partial charge on any atom is -0.360 e. The van der Waals surface area contributed by atoms with E-state index in [2.05, 4.69) is 11.9 Å². The third-order valence-electron chi connectivity index (χ3n) is 3.53. The standard InChI is InChI=1S/C14H16N2O/c1-10-6-7-16(9-10)14(17)12-8-15-13-5-3-2-4-11(12)13/h2-5,8,10,15H,6-7,9H2,1H3. The maximum Gasteiger partial charge on any atom is 0.256 e. The van der Waals surface area contributed by atoms with Gasteiger partial charge >= 0.3 is 0 Å². The van der Waals surface area contributed by atoms with E-state index in [0.29, 0.717) is 5.92 Å². The van der Waals surface area contributed by atoms with E-state index in [0.717, 1.165) is 36.0 Å². The van der Waals surface area contributed by atoms with Crippen molar-refractivity contribution in [3.63, 3.8) is 0 Å². The molecule has 3 heteroatoms. The Hall–Kier alpha value is -1.77. The fraction of sp³-hybridized carbons (Fsp3) is 0.357. The number of amides is 1. The lowest BCUT2D eigenvalue weighted by Crippen LogP contribution is -2.28. The van der Waals surface area contributed by atoms with Crippen molar-refractivity contribution in [2.75, 3.05) is 13.1 Å². The van der Waals surface area contributed by atoms with Gasteiger partial charge in [-0.3, -0.25) is 4.79 Å². The molecule has 0 bridgehead atoms. The molecule has 0 radical (unpaired) electrons. The molecule has 0 spiro atoms. The third kappa shape index (κ3) is 1.71. The molecule has 3 rings (SSSR count). The van der Waals surface area contributed by atoms with Gasteiger partial charge in [0.25, 0.3) is 5.91 Å². The largest absolute Gasteiger partial charge is 0.360 e. The average molecular weight is 228 g/mol. The lowest BCUT2D eigenvalue weighted by atomic mass is 10.1. The predicted molar refractivity (Wildman–Crippen MR) is 68.0 cm³/mol. The average Bonchev–Trinajstić information content (AvgIpc) is 2.94. The number of nitrogens with zero attached hydrogens (tertiary/aromatic N) is 1. The summed E-state index contributed by atoms with van der Waals surface area (Å²) in [6.45, 7) is 3.97. The fourth-order valence-corrected chi connectivity index (χ4v) is 2.54. The zero-order valence-corrected chi connectivity index (χ0v) is 9.94. The molecule has 1 aromatic carbocycles. The van der Waals surface area contributed by atoms with Gasteiger partial charge in [0.05, 0.1) is 5.56 Å². The first-order chi connectivity index (χ1) is 8.25. The Kier molecular flexibility index (Phi) is 2.39. The lowest BCUT2D eigenvalue weighted by molar-refractivity contribution is 0.0790. The number of H-pyrrole nitrogens is 1. The van der Waals surface area contributed by atoms with Crippen molar-refractivity contribution in [1.82, 2.24) is 9.88 Å². The highest BCUT2D eigenvalue weighted by Gasteiger charge is 2.25. The summed E-state index contributed by atoms with van der Waals surface area (Å²) in [5.74, 6) is 0.788. The summed E-state index contributed by atoms with van der Waals surface area (Å²) >= 11 is 0. The van der Waals surface area contributed by atoms with Crippen molar-refractivity contribution in [3.8, 4) is 0 Å². The molecule has 1 unspecified atom stereocenters. The predicted octanol–water partition coefficient (Wildman–Crippen LogP) is 2.65. The van der Waals surface area contributed by atoms with Gasteiger partial charge in [-0.2, -0.15) is 0 Å². The van der Waals surface area contributed by atoms with E-state index in [4.69, 9.17) is 0 Å². The van der Waals surface area contributed by atoms with Gasteiger partial charge in [-0.25, -0.2) is 0 Å². The summed E-state index contributed by atoms with van der Waals surface area (Å²) in [5.41, 5.74) is 1.83. The number of likely N-dealkylation sites (tertiary alicyclic amines) is 1. The van der Waals surface area contributed by atoms with E-state index >= 15 is 0 Å². The number of nitrogens with one attached hydrogen (secondary N) is 1. The van der Waals surface area contributed by atoms with Crippen LogP contribution in [0.25, 0.3) is 10.9 Å². The maximum absolute atomic E-state index is 12.4. The van der Waals surface area contributed by atoms with Gasteiger partial charge in [-0.15, -0.1) is 0 Å². The van der Waals surface area contributed by atoms with Crippen molar-refractivity contribution >= 4 is 16.8 Å². The van der Waals surface area contributed by atoms with Crippen molar-refractivity contribution in [1.29, 1.82) is 0 Å². The Bertz CT molecular complexity index is 558. The van der Waals surface area contributed by atoms with Crippen LogP contribution >= 0.6 is 0 Å². The van der Waals surface area contributed by atoms with Crippen LogP contribution in [0.4, 0.5) is 0 Å². The quantitative estimate of drug-likeness (QED) is 0.800. The number of rotatable bonds is 1.